The van der Waals surface area contributed by atoms with E-state index in [0.717, 1.165) is 22.3 Å². The molecule has 2 N–H and O–H groups in total. The summed E-state index contributed by atoms with van der Waals surface area (Å²) in [6.07, 6.45) is 0.459. The Hall–Kier alpha value is -1.07. The van der Waals surface area contributed by atoms with Crippen molar-refractivity contribution in [3.63, 3.8) is 0 Å². The van der Waals surface area contributed by atoms with Crippen LogP contribution in [0.1, 0.15) is 12.0 Å². The number of benzene rings is 1. The van der Waals surface area contributed by atoms with Crippen LogP contribution >= 0.6 is 16.1 Å². The highest BCUT2D eigenvalue weighted by atomic mass is 79.9. The van der Waals surface area contributed by atoms with Gasteiger partial charge in [-0.15, -0.1) is 0 Å². The molecule has 4 nitrogen and oxygen atoms in total. The molecule has 1 rings (SSSR count). The molecule has 0 saturated carbocycles. The predicted molar refractivity (Wildman–Crippen MR) is 61.3 cm³/mol. The molecule has 1 amide bonds. The van der Waals surface area contributed by atoms with E-state index >= 15 is 0 Å². The number of hydrogen-bond donors (Lipinski definition) is 2. The van der Waals surface area contributed by atoms with Crippen molar-refractivity contribution in [1.82, 2.24) is 0 Å². The SMILES string of the molecule is O=C(O)N(Br)c1ccc(CCCO)cc1. The molecule has 0 aromatic heterocycles. The summed E-state index contributed by atoms with van der Waals surface area (Å²) in [5, 5.41) is 17.3. The molecule has 15 heavy (non-hydrogen) atoms. The Kier molecular flexibility index (Phi) is 4.58. The number of aryl methyl sites for hydroxylation is 1. The largest absolute Gasteiger partial charge is 0.464 e. The van der Waals surface area contributed by atoms with Crippen LogP contribution in [-0.2, 0) is 6.42 Å². The van der Waals surface area contributed by atoms with Gasteiger partial charge >= 0.3 is 6.09 Å². The van der Waals surface area contributed by atoms with Gasteiger partial charge in [0, 0.05) is 6.61 Å². The van der Waals surface area contributed by atoms with Crippen LogP contribution in [-0.4, -0.2) is 22.9 Å². The van der Waals surface area contributed by atoms with Gasteiger partial charge in [-0.1, -0.05) is 12.1 Å². The second-order valence-electron chi connectivity index (χ2n) is 3.06. The van der Waals surface area contributed by atoms with Gasteiger partial charge in [0.1, 0.15) is 0 Å². The quantitative estimate of drug-likeness (QED) is 0.829. The summed E-state index contributed by atoms with van der Waals surface area (Å²) >= 11 is 2.92. The number of carboxylic acid groups (broad SMARTS) is 1. The zero-order valence-corrected chi connectivity index (χ0v) is 9.64. The van der Waals surface area contributed by atoms with Crippen molar-refractivity contribution in [2.24, 2.45) is 0 Å². The Morgan fingerprint density at radius 1 is 1.33 bits per heavy atom. The Balaban J connectivity index is 2.67. The van der Waals surface area contributed by atoms with Gasteiger partial charge in [-0.05, 0) is 30.5 Å². The smallest absolute Gasteiger partial charge is 0.422 e. The predicted octanol–water partition coefficient (Wildman–Crippen LogP) is 2.41. The van der Waals surface area contributed by atoms with Gasteiger partial charge in [0.2, 0.25) is 0 Å². The summed E-state index contributed by atoms with van der Waals surface area (Å²) in [5.41, 5.74) is 1.65. The zero-order chi connectivity index (χ0) is 11.3. The Bertz CT molecular complexity index is 326. The molecule has 0 unspecified atom stereocenters. The van der Waals surface area contributed by atoms with E-state index in [9.17, 15) is 4.79 Å². The molecule has 0 bridgehead atoms. The molecule has 0 spiro atoms. The van der Waals surface area contributed by atoms with Gasteiger partial charge in [0.25, 0.3) is 0 Å². The van der Waals surface area contributed by atoms with Crippen LogP contribution in [0.2, 0.25) is 0 Å². The standard InChI is InChI=1S/C10H12BrNO3/c11-12(10(14)15)9-5-3-8(4-6-9)2-1-7-13/h3-6,13H,1-2,7H2,(H,14,15). The van der Waals surface area contributed by atoms with Crippen molar-refractivity contribution in [1.29, 1.82) is 0 Å². The number of rotatable bonds is 4. The van der Waals surface area contributed by atoms with Gasteiger partial charge < -0.3 is 10.2 Å². The molecule has 0 aliphatic heterocycles. The number of anilines is 1. The maximum atomic E-state index is 10.6. The van der Waals surface area contributed by atoms with E-state index < -0.39 is 6.09 Å². The van der Waals surface area contributed by atoms with E-state index in [1.807, 2.05) is 12.1 Å². The minimum atomic E-state index is -1.06. The molecule has 0 saturated heterocycles. The third kappa shape index (κ3) is 3.53. The first-order chi connectivity index (χ1) is 7.15. The van der Waals surface area contributed by atoms with E-state index in [2.05, 4.69) is 16.1 Å². The number of aliphatic hydroxyl groups is 1. The summed E-state index contributed by atoms with van der Waals surface area (Å²) in [6.45, 7) is 0.168. The third-order valence-electron chi connectivity index (χ3n) is 1.95. The van der Waals surface area contributed by atoms with Crippen molar-refractivity contribution < 1.29 is 15.0 Å². The third-order valence-corrected chi connectivity index (χ3v) is 2.67. The van der Waals surface area contributed by atoms with Gasteiger partial charge in [-0.25, -0.2) is 8.72 Å². The molecule has 0 radical (unpaired) electrons. The number of halogens is 1. The second kappa shape index (κ2) is 5.72. The van der Waals surface area contributed by atoms with Crippen LogP contribution in [0.5, 0.6) is 0 Å². The minimum Gasteiger partial charge on any atom is -0.464 e. The van der Waals surface area contributed by atoms with Crippen LogP contribution in [0.25, 0.3) is 0 Å². The number of nitrogens with zero attached hydrogens (tertiary/aromatic N) is 1. The highest BCUT2D eigenvalue weighted by Crippen LogP contribution is 2.19. The molecule has 5 heteroatoms. The van der Waals surface area contributed by atoms with Gasteiger partial charge in [-0.3, -0.25) is 0 Å². The lowest BCUT2D eigenvalue weighted by Gasteiger charge is -2.10. The lowest BCUT2D eigenvalue weighted by molar-refractivity contribution is 0.207. The van der Waals surface area contributed by atoms with Crippen molar-refractivity contribution in [2.45, 2.75) is 12.8 Å². The monoisotopic (exact) mass is 273 g/mol. The Labute approximate surface area is 96.5 Å². The van der Waals surface area contributed by atoms with Crippen molar-refractivity contribution >= 4 is 27.9 Å². The zero-order valence-electron chi connectivity index (χ0n) is 8.06. The topological polar surface area (TPSA) is 60.8 Å². The van der Waals surface area contributed by atoms with E-state index in [4.69, 9.17) is 10.2 Å². The summed E-state index contributed by atoms with van der Waals surface area (Å²) in [7, 11) is 0. The number of amides is 1. The van der Waals surface area contributed by atoms with Crippen LogP contribution in [0, 0.1) is 0 Å². The van der Waals surface area contributed by atoms with E-state index in [1.54, 1.807) is 12.1 Å². The van der Waals surface area contributed by atoms with Crippen LogP contribution in [0.15, 0.2) is 24.3 Å². The van der Waals surface area contributed by atoms with Crippen LogP contribution in [0.3, 0.4) is 0 Å². The first-order valence-corrected chi connectivity index (χ1v) is 5.24. The van der Waals surface area contributed by atoms with E-state index in [-0.39, 0.29) is 6.61 Å². The summed E-state index contributed by atoms with van der Waals surface area (Å²) < 4.78 is 0.975. The lowest BCUT2D eigenvalue weighted by Crippen LogP contribution is -2.16. The molecule has 0 aliphatic rings. The molecule has 0 heterocycles. The van der Waals surface area contributed by atoms with Crippen LogP contribution in [0.4, 0.5) is 10.5 Å². The molecule has 82 valence electrons. The second-order valence-corrected chi connectivity index (χ2v) is 3.77. The lowest BCUT2D eigenvalue weighted by atomic mass is 10.1. The molecular formula is C10H12BrNO3. The fourth-order valence-electron chi connectivity index (χ4n) is 1.19. The first kappa shape index (κ1) is 12.0. The van der Waals surface area contributed by atoms with Gasteiger partial charge in [0.05, 0.1) is 21.8 Å². The average Bonchev–Trinajstić information content (AvgIpc) is 2.26. The molecule has 0 atom stereocenters. The van der Waals surface area contributed by atoms with Crippen LogP contribution < -0.4 is 3.93 Å². The molecular weight excluding hydrogens is 262 g/mol. The molecule has 1 aromatic rings. The average molecular weight is 274 g/mol. The molecule has 0 aliphatic carbocycles. The van der Waals surface area contributed by atoms with Crippen molar-refractivity contribution in [3.8, 4) is 0 Å². The molecule has 0 fully saturated rings. The maximum Gasteiger partial charge on any atom is 0.422 e. The van der Waals surface area contributed by atoms with Gasteiger partial charge in [0.15, 0.2) is 0 Å². The number of carbonyl (C=O) groups is 1. The highest BCUT2D eigenvalue weighted by molar-refractivity contribution is 9.10. The maximum absolute atomic E-state index is 10.6. The molecule has 1 aromatic carbocycles. The van der Waals surface area contributed by atoms with Gasteiger partial charge in [-0.2, -0.15) is 0 Å². The fourth-order valence-corrected chi connectivity index (χ4v) is 1.42. The minimum absolute atomic E-state index is 0.168. The van der Waals surface area contributed by atoms with Crippen molar-refractivity contribution in [2.75, 3.05) is 10.5 Å². The van der Waals surface area contributed by atoms with Crippen molar-refractivity contribution in [3.05, 3.63) is 29.8 Å². The normalized spacial score (nSPS) is 10.0. The van der Waals surface area contributed by atoms with E-state index in [1.165, 1.54) is 0 Å². The summed E-state index contributed by atoms with van der Waals surface area (Å²) in [5.74, 6) is 0. The summed E-state index contributed by atoms with van der Waals surface area (Å²) in [6, 6.07) is 7.13. The van der Waals surface area contributed by atoms with E-state index in [0.29, 0.717) is 5.69 Å². The first-order valence-electron chi connectivity index (χ1n) is 4.54. The fraction of sp³-hybridized carbons (Fsp3) is 0.300. The Morgan fingerprint density at radius 3 is 2.40 bits per heavy atom. The number of hydrogen-bond acceptors (Lipinski definition) is 2. The summed E-state index contributed by atoms with van der Waals surface area (Å²) in [4.78, 5) is 10.6. The number of aliphatic hydroxyl groups excluding tert-OH is 1. The Morgan fingerprint density at radius 2 is 1.93 bits per heavy atom. The highest BCUT2D eigenvalue weighted by Gasteiger charge is 2.09.